The molecule has 0 aromatic carbocycles. The lowest BCUT2D eigenvalue weighted by Gasteiger charge is -2.11. The maximum absolute atomic E-state index is 5.70. The highest BCUT2D eigenvalue weighted by atomic mass is 15.1. The van der Waals surface area contributed by atoms with E-state index in [0.717, 1.165) is 5.57 Å². The third-order valence-corrected chi connectivity index (χ3v) is 2.23. The van der Waals surface area contributed by atoms with Gasteiger partial charge in [-0.15, -0.1) is 0 Å². The lowest BCUT2D eigenvalue weighted by molar-refractivity contribution is 0.626. The molecule has 1 rings (SSSR count). The highest BCUT2D eigenvalue weighted by molar-refractivity contribution is 5.78. The Kier molecular flexibility index (Phi) is 3.80. The van der Waals surface area contributed by atoms with Crippen LogP contribution in [0.4, 0.5) is 0 Å². The van der Waals surface area contributed by atoms with Gasteiger partial charge in [0, 0.05) is 6.04 Å². The largest absolute Gasteiger partial charge is 0.370 e. The van der Waals surface area contributed by atoms with Crippen molar-refractivity contribution in [2.75, 3.05) is 6.54 Å². The van der Waals surface area contributed by atoms with Crippen LogP contribution in [0.5, 0.6) is 0 Å². The van der Waals surface area contributed by atoms with Crippen LogP contribution in [-0.2, 0) is 0 Å². The Morgan fingerprint density at radius 1 is 1.54 bits per heavy atom. The summed E-state index contributed by atoms with van der Waals surface area (Å²) < 4.78 is 0. The van der Waals surface area contributed by atoms with Crippen molar-refractivity contribution in [2.45, 2.75) is 38.6 Å². The fourth-order valence-electron chi connectivity index (χ4n) is 1.55. The third-order valence-electron chi connectivity index (χ3n) is 2.23. The first kappa shape index (κ1) is 10.1. The van der Waals surface area contributed by atoms with Crippen LogP contribution in [0, 0.1) is 0 Å². The van der Waals surface area contributed by atoms with Gasteiger partial charge in [-0.05, 0) is 19.8 Å². The Bertz CT molecular complexity index is 202. The number of nitrogens with two attached hydrogens (primary N) is 1. The van der Waals surface area contributed by atoms with E-state index in [-0.39, 0.29) is 0 Å². The first-order valence-electron chi connectivity index (χ1n) is 4.89. The molecular formula is C10H19N3. The average Bonchev–Trinajstić information content (AvgIpc) is 2.53. The van der Waals surface area contributed by atoms with Crippen LogP contribution in [0.15, 0.2) is 17.1 Å². The Labute approximate surface area is 80.1 Å². The Morgan fingerprint density at radius 2 is 2.15 bits per heavy atom. The van der Waals surface area contributed by atoms with E-state index in [1.807, 2.05) is 6.92 Å². The van der Waals surface area contributed by atoms with Crippen molar-refractivity contribution in [1.82, 2.24) is 5.32 Å². The van der Waals surface area contributed by atoms with Crippen LogP contribution < -0.4 is 11.1 Å². The van der Waals surface area contributed by atoms with Gasteiger partial charge in [-0.25, -0.2) is 4.99 Å². The van der Waals surface area contributed by atoms with Crippen molar-refractivity contribution in [3.63, 3.8) is 0 Å². The highest BCUT2D eigenvalue weighted by Crippen LogP contribution is 2.17. The summed E-state index contributed by atoms with van der Waals surface area (Å²) in [5, 5.41) is 3.22. The predicted octanol–water partition coefficient (Wildman–Crippen LogP) is 1.41. The number of nitrogens with zero attached hydrogens (tertiary/aromatic N) is 1. The van der Waals surface area contributed by atoms with E-state index in [4.69, 9.17) is 5.73 Å². The van der Waals surface area contributed by atoms with Crippen molar-refractivity contribution in [3.8, 4) is 0 Å². The molecule has 1 saturated carbocycles. The highest BCUT2D eigenvalue weighted by Gasteiger charge is 2.14. The molecular weight excluding hydrogens is 162 g/mol. The molecule has 3 nitrogen and oxygen atoms in total. The molecule has 0 aromatic rings. The number of aliphatic imine (C=N–C) groups is 1. The minimum absolute atomic E-state index is 0.550. The summed E-state index contributed by atoms with van der Waals surface area (Å²) in [4.78, 5) is 4.17. The molecule has 74 valence electrons. The monoisotopic (exact) mass is 181 g/mol. The van der Waals surface area contributed by atoms with E-state index in [1.165, 1.54) is 25.7 Å². The van der Waals surface area contributed by atoms with Crippen LogP contribution in [0.25, 0.3) is 0 Å². The van der Waals surface area contributed by atoms with Gasteiger partial charge in [0.2, 0.25) is 0 Å². The number of nitrogens with one attached hydrogen (secondary N) is 1. The molecule has 0 unspecified atom stereocenters. The van der Waals surface area contributed by atoms with Gasteiger partial charge >= 0.3 is 0 Å². The molecule has 0 radical (unpaired) electrons. The van der Waals surface area contributed by atoms with Crippen LogP contribution >= 0.6 is 0 Å². The molecule has 0 aliphatic heterocycles. The summed E-state index contributed by atoms with van der Waals surface area (Å²) in [6.07, 6.45) is 5.07. The topological polar surface area (TPSA) is 50.4 Å². The molecule has 1 fully saturated rings. The van der Waals surface area contributed by atoms with Gasteiger partial charge in [-0.3, -0.25) is 0 Å². The minimum atomic E-state index is 0.550. The lowest BCUT2D eigenvalue weighted by atomic mass is 10.2. The van der Waals surface area contributed by atoms with Crippen molar-refractivity contribution < 1.29 is 0 Å². The summed E-state index contributed by atoms with van der Waals surface area (Å²) in [5.41, 5.74) is 6.74. The molecule has 0 aromatic heterocycles. The van der Waals surface area contributed by atoms with E-state index in [1.54, 1.807) is 0 Å². The molecule has 3 heteroatoms. The van der Waals surface area contributed by atoms with Crippen molar-refractivity contribution >= 4 is 5.96 Å². The van der Waals surface area contributed by atoms with Gasteiger partial charge in [-0.1, -0.05) is 25.0 Å². The molecule has 0 spiro atoms. The van der Waals surface area contributed by atoms with E-state index < -0.39 is 0 Å². The predicted molar refractivity (Wildman–Crippen MR) is 56.7 cm³/mol. The zero-order valence-electron chi connectivity index (χ0n) is 8.34. The molecule has 3 N–H and O–H groups in total. The molecule has 0 saturated heterocycles. The molecule has 0 atom stereocenters. The Balaban J connectivity index is 2.26. The number of guanidine groups is 1. The number of hydrogen-bond acceptors (Lipinski definition) is 1. The van der Waals surface area contributed by atoms with Crippen molar-refractivity contribution in [2.24, 2.45) is 10.7 Å². The van der Waals surface area contributed by atoms with Gasteiger partial charge in [0.25, 0.3) is 0 Å². The van der Waals surface area contributed by atoms with Crippen LogP contribution in [-0.4, -0.2) is 18.5 Å². The van der Waals surface area contributed by atoms with Crippen LogP contribution in [0.1, 0.15) is 32.6 Å². The smallest absolute Gasteiger partial charge is 0.189 e. The second-order valence-electron chi connectivity index (χ2n) is 3.78. The Morgan fingerprint density at radius 3 is 2.69 bits per heavy atom. The molecule has 1 aliphatic rings. The van der Waals surface area contributed by atoms with Crippen LogP contribution in [0.2, 0.25) is 0 Å². The lowest BCUT2D eigenvalue weighted by Crippen LogP contribution is -2.38. The van der Waals surface area contributed by atoms with Crippen LogP contribution in [0.3, 0.4) is 0 Å². The van der Waals surface area contributed by atoms with Crippen molar-refractivity contribution in [1.29, 1.82) is 0 Å². The standard InChI is InChI=1S/C10H19N3/c1-8(2)7-12-10(11)13-9-5-3-4-6-9/h9H,1,3-7H2,2H3,(H3,11,12,13). The number of rotatable bonds is 3. The molecule has 1 aliphatic carbocycles. The summed E-state index contributed by atoms with van der Waals surface area (Å²) in [5.74, 6) is 0.565. The van der Waals surface area contributed by atoms with Gasteiger partial charge in [0.05, 0.1) is 6.54 Å². The minimum Gasteiger partial charge on any atom is -0.370 e. The van der Waals surface area contributed by atoms with Gasteiger partial charge in [0.1, 0.15) is 0 Å². The quantitative estimate of drug-likeness (QED) is 0.393. The average molecular weight is 181 g/mol. The third kappa shape index (κ3) is 3.97. The first-order valence-corrected chi connectivity index (χ1v) is 4.89. The fourth-order valence-corrected chi connectivity index (χ4v) is 1.55. The summed E-state index contributed by atoms with van der Waals surface area (Å²) in [6.45, 7) is 6.35. The molecule has 0 amide bonds. The summed E-state index contributed by atoms with van der Waals surface area (Å²) in [7, 11) is 0. The van der Waals surface area contributed by atoms with E-state index in [9.17, 15) is 0 Å². The second kappa shape index (κ2) is 4.90. The molecule has 13 heavy (non-hydrogen) atoms. The van der Waals surface area contributed by atoms with E-state index in [0.29, 0.717) is 18.5 Å². The van der Waals surface area contributed by atoms with Crippen molar-refractivity contribution in [3.05, 3.63) is 12.2 Å². The molecule has 0 heterocycles. The van der Waals surface area contributed by atoms with Gasteiger partial charge in [-0.2, -0.15) is 0 Å². The zero-order chi connectivity index (χ0) is 9.68. The summed E-state index contributed by atoms with van der Waals surface area (Å²) >= 11 is 0. The molecule has 0 bridgehead atoms. The normalized spacial score (nSPS) is 19.0. The van der Waals surface area contributed by atoms with Gasteiger partial charge < -0.3 is 11.1 Å². The van der Waals surface area contributed by atoms with E-state index >= 15 is 0 Å². The maximum Gasteiger partial charge on any atom is 0.189 e. The number of hydrogen-bond donors (Lipinski definition) is 2. The van der Waals surface area contributed by atoms with Gasteiger partial charge in [0.15, 0.2) is 5.96 Å². The fraction of sp³-hybridized carbons (Fsp3) is 0.700. The first-order chi connectivity index (χ1) is 6.18. The SMILES string of the molecule is C=C(C)CN=C(N)NC1CCCC1. The second-order valence-corrected chi connectivity index (χ2v) is 3.78. The summed E-state index contributed by atoms with van der Waals surface area (Å²) in [6, 6.07) is 0.550. The Hall–Kier alpha value is -0.990. The maximum atomic E-state index is 5.70. The van der Waals surface area contributed by atoms with E-state index in [2.05, 4.69) is 16.9 Å². The zero-order valence-corrected chi connectivity index (χ0v) is 8.34.